The molecule has 7 heteroatoms. The van der Waals surface area contributed by atoms with Crippen LogP contribution in [0.5, 0.6) is 0 Å². The standard InChI is InChI=1S/C21H16ClN3O3/c1-12-3-6-18-15(7-12)8-17(13(2)24-18)21(27)28-11-20(26)25-19-9-16(22)5-4-14(19)10-23/h3-9H,11H2,1-2H3,(H,25,26). The lowest BCUT2D eigenvalue weighted by molar-refractivity contribution is -0.119. The van der Waals surface area contributed by atoms with E-state index in [1.54, 1.807) is 19.1 Å². The summed E-state index contributed by atoms with van der Waals surface area (Å²) in [5.74, 6) is -1.22. The van der Waals surface area contributed by atoms with E-state index in [0.717, 1.165) is 16.5 Å². The predicted molar refractivity (Wildman–Crippen MR) is 106 cm³/mol. The first-order valence-corrected chi connectivity index (χ1v) is 8.80. The number of anilines is 1. The summed E-state index contributed by atoms with van der Waals surface area (Å²) in [7, 11) is 0. The van der Waals surface area contributed by atoms with Crippen LogP contribution in [-0.2, 0) is 9.53 Å². The number of rotatable bonds is 4. The second-order valence-corrected chi connectivity index (χ2v) is 6.68. The fraction of sp³-hybridized carbons (Fsp3) is 0.143. The number of nitrogens with zero attached hydrogens (tertiary/aromatic N) is 2. The van der Waals surface area contributed by atoms with Crippen molar-refractivity contribution >= 4 is 40.1 Å². The second kappa shape index (κ2) is 8.07. The molecule has 1 aromatic heterocycles. The Morgan fingerprint density at radius 1 is 1.18 bits per heavy atom. The molecular formula is C21H16ClN3O3. The van der Waals surface area contributed by atoms with Crippen LogP contribution in [-0.4, -0.2) is 23.5 Å². The molecule has 3 aromatic rings. The molecular weight excluding hydrogens is 378 g/mol. The Morgan fingerprint density at radius 2 is 1.96 bits per heavy atom. The minimum Gasteiger partial charge on any atom is -0.452 e. The van der Waals surface area contributed by atoms with E-state index in [1.165, 1.54) is 12.1 Å². The van der Waals surface area contributed by atoms with Crippen molar-refractivity contribution in [1.29, 1.82) is 5.26 Å². The summed E-state index contributed by atoms with van der Waals surface area (Å²) < 4.78 is 5.12. The van der Waals surface area contributed by atoms with Gasteiger partial charge in [0.1, 0.15) is 6.07 Å². The van der Waals surface area contributed by atoms with Gasteiger partial charge in [-0.2, -0.15) is 5.26 Å². The second-order valence-electron chi connectivity index (χ2n) is 6.24. The summed E-state index contributed by atoms with van der Waals surface area (Å²) in [4.78, 5) is 28.9. The largest absolute Gasteiger partial charge is 0.452 e. The number of carbonyl (C=O) groups is 2. The fourth-order valence-corrected chi connectivity index (χ4v) is 2.88. The Bertz CT molecular complexity index is 1140. The molecule has 0 bridgehead atoms. The van der Waals surface area contributed by atoms with E-state index in [1.807, 2.05) is 31.2 Å². The predicted octanol–water partition coefficient (Wildman–Crippen LogP) is 4.17. The number of aromatic nitrogens is 1. The van der Waals surface area contributed by atoms with Crippen molar-refractivity contribution in [1.82, 2.24) is 4.98 Å². The van der Waals surface area contributed by atoms with Gasteiger partial charge in [-0.15, -0.1) is 0 Å². The number of nitriles is 1. The van der Waals surface area contributed by atoms with Gasteiger partial charge in [-0.1, -0.05) is 23.2 Å². The van der Waals surface area contributed by atoms with E-state index < -0.39 is 18.5 Å². The van der Waals surface area contributed by atoms with Crippen LogP contribution >= 0.6 is 11.6 Å². The molecule has 28 heavy (non-hydrogen) atoms. The number of carbonyl (C=O) groups excluding carboxylic acids is 2. The van der Waals surface area contributed by atoms with Gasteiger partial charge in [0, 0.05) is 10.4 Å². The molecule has 0 atom stereocenters. The van der Waals surface area contributed by atoms with Crippen molar-refractivity contribution < 1.29 is 14.3 Å². The minimum atomic E-state index is -0.643. The maximum absolute atomic E-state index is 12.4. The molecule has 0 radical (unpaired) electrons. The van der Waals surface area contributed by atoms with Crippen LogP contribution in [0.15, 0.2) is 42.5 Å². The van der Waals surface area contributed by atoms with Gasteiger partial charge in [0.2, 0.25) is 0 Å². The lowest BCUT2D eigenvalue weighted by atomic mass is 10.1. The van der Waals surface area contributed by atoms with E-state index in [0.29, 0.717) is 16.3 Å². The first-order chi connectivity index (χ1) is 13.4. The van der Waals surface area contributed by atoms with Crippen molar-refractivity contribution in [3.63, 3.8) is 0 Å². The zero-order valence-corrected chi connectivity index (χ0v) is 16.0. The number of ether oxygens (including phenoxy) is 1. The molecule has 0 unspecified atom stereocenters. The molecule has 0 aliphatic heterocycles. The highest BCUT2D eigenvalue weighted by molar-refractivity contribution is 6.31. The van der Waals surface area contributed by atoms with Gasteiger partial charge < -0.3 is 10.1 Å². The maximum atomic E-state index is 12.4. The van der Waals surface area contributed by atoms with Crippen molar-refractivity contribution in [2.24, 2.45) is 0 Å². The lowest BCUT2D eigenvalue weighted by Gasteiger charge is -2.10. The Hall–Kier alpha value is -3.43. The average molecular weight is 394 g/mol. The van der Waals surface area contributed by atoms with E-state index >= 15 is 0 Å². The molecule has 6 nitrogen and oxygen atoms in total. The van der Waals surface area contributed by atoms with Crippen molar-refractivity contribution in [2.45, 2.75) is 13.8 Å². The van der Waals surface area contributed by atoms with Gasteiger partial charge in [0.25, 0.3) is 5.91 Å². The summed E-state index contributed by atoms with van der Waals surface area (Å²) in [6.45, 7) is 3.16. The number of fused-ring (bicyclic) bond motifs is 1. The van der Waals surface area contributed by atoms with Gasteiger partial charge >= 0.3 is 5.97 Å². The number of pyridine rings is 1. The highest BCUT2D eigenvalue weighted by Crippen LogP contribution is 2.21. The molecule has 2 aromatic carbocycles. The van der Waals surface area contributed by atoms with Gasteiger partial charge in [-0.25, -0.2) is 4.79 Å². The summed E-state index contributed by atoms with van der Waals surface area (Å²) in [6.07, 6.45) is 0. The quantitative estimate of drug-likeness (QED) is 0.671. The van der Waals surface area contributed by atoms with Gasteiger partial charge in [0.05, 0.1) is 28.0 Å². The van der Waals surface area contributed by atoms with Gasteiger partial charge in [-0.05, 0) is 50.2 Å². The van der Waals surface area contributed by atoms with Crippen LogP contribution in [0.1, 0.15) is 27.2 Å². The number of aryl methyl sites for hydroxylation is 2. The van der Waals surface area contributed by atoms with Crippen LogP contribution in [0.3, 0.4) is 0 Å². The number of halogens is 1. The Kier molecular flexibility index (Phi) is 5.57. The smallest absolute Gasteiger partial charge is 0.340 e. The highest BCUT2D eigenvalue weighted by Gasteiger charge is 2.16. The summed E-state index contributed by atoms with van der Waals surface area (Å²) in [5, 5.41) is 12.8. The molecule has 0 spiro atoms. The van der Waals surface area contributed by atoms with Crippen LogP contribution in [0, 0.1) is 25.2 Å². The monoisotopic (exact) mass is 393 g/mol. The molecule has 1 N–H and O–H groups in total. The molecule has 0 aliphatic carbocycles. The van der Waals surface area contributed by atoms with Crippen LogP contribution in [0.4, 0.5) is 5.69 Å². The SMILES string of the molecule is Cc1ccc2nc(C)c(C(=O)OCC(=O)Nc3cc(Cl)ccc3C#N)cc2c1. The van der Waals surface area contributed by atoms with E-state index in [9.17, 15) is 9.59 Å². The van der Waals surface area contributed by atoms with Crippen molar-refractivity contribution in [3.8, 4) is 6.07 Å². The van der Waals surface area contributed by atoms with Gasteiger partial charge in [-0.3, -0.25) is 9.78 Å². The van der Waals surface area contributed by atoms with Gasteiger partial charge in [0.15, 0.2) is 6.61 Å². The Labute approximate surface area is 166 Å². The third-order valence-electron chi connectivity index (χ3n) is 4.09. The number of hydrogen-bond acceptors (Lipinski definition) is 5. The Balaban J connectivity index is 1.71. The number of esters is 1. The van der Waals surface area contributed by atoms with Crippen molar-refractivity contribution in [2.75, 3.05) is 11.9 Å². The van der Waals surface area contributed by atoms with E-state index in [2.05, 4.69) is 10.3 Å². The molecule has 0 aliphatic rings. The molecule has 0 fully saturated rings. The zero-order valence-electron chi connectivity index (χ0n) is 15.2. The topological polar surface area (TPSA) is 92.1 Å². The maximum Gasteiger partial charge on any atom is 0.340 e. The fourth-order valence-electron chi connectivity index (χ4n) is 2.71. The molecule has 0 saturated carbocycles. The molecule has 3 rings (SSSR count). The Morgan fingerprint density at radius 3 is 2.71 bits per heavy atom. The number of amides is 1. The molecule has 1 heterocycles. The first kappa shape index (κ1) is 19.3. The molecule has 1 amide bonds. The molecule has 140 valence electrons. The van der Waals surface area contributed by atoms with Crippen LogP contribution < -0.4 is 5.32 Å². The lowest BCUT2D eigenvalue weighted by Crippen LogP contribution is -2.22. The zero-order chi connectivity index (χ0) is 20.3. The molecule has 0 saturated heterocycles. The summed E-state index contributed by atoms with van der Waals surface area (Å²) in [6, 6.07) is 13.9. The highest BCUT2D eigenvalue weighted by atomic mass is 35.5. The third-order valence-corrected chi connectivity index (χ3v) is 4.33. The van der Waals surface area contributed by atoms with Crippen LogP contribution in [0.2, 0.25) is 5.02 Å². The van der Waals surface area contributed by atoms with Crippen LogP contribution in [0.25, 0.3) is 10.9 Å². The number of hydrogen-bond donors (Lipinski definition) is 1. The third kappa shape index (κ3) is 4.27. The minimum absolute atomic E-state index is 0.258. The van der Waals surface area contributed by atoms with E-state index in [-0.39, 0.29) is 11.3 Å². The normalized spacial score (nSPS) is 10.4. The number of nitrogens with one attached hydrogen (secondary N) is 1. The summed E-state index contributed by atoms with van der Waals surface area (Å²) in [5.41, 5.74) is 3.16. The average Bonchev–Trinajstić information content (AvgIpc) is 2.66. The number of benzene rings is 2. The summed E-state index contributed by atoms with van der Waals surface area (Å²) >= 11 is 5.89. The van der Waals surface area contributed by atoms with E-state index in [4.69, 9.17) is 21.6 Å². The van der Waals surface area contributed by atoms with Crippen molar-refractivity contribution in [3.05, 3.63) is 69.9 Å². The first-order valence-electron chi connectivity index (χ1n) is 8.42.